The van der Waals surface area contributed by atoms with E-state index in [-0.39, 0.29) is 23.3 Å². The Morgan fingerprint density at radius 2 is 1.79 bits per heavy atom. The van der Waals surface area contributed by atoms with E-state index in [1.807, 2.05) is 59.9 Å². The maximum Gasteiger partial charge on any atom is 0.246 e. The van der Waals surface area contributed by atoms with E-state index in [2.05, 4.69) is 41.6 Å². The molecule has 4 N–H and O–H groups in total. The molecule has 2 amide bonds. The van der Waals surface area contributed by atoms with Crippen LogP contribution in [0.3, 0.4) is 0 Å². The first-order chi connectivity index (χ1) is 18.3. The van der Waals surface area contributed by atoms with Crippen LogP contribution in [0.4, 0.5) is 0 Å². The van der Waals surface area contributed by atoms with Crippen molar-refractivity contribution in [3.8, 4) is 0 Å². The number of carbonyl (C=O) groups excluding carboxylic acids is 2. The van der Waals surface area contributed by atoms with Crippen molar-refractivity contribution in [1.29, 1.82) is 0 Å². The van der Waals surface area contributed by atoms with E-state index >= 15 is 0 Å². The zero-order chi connectivity index (χ0) is 28.9. The number of rotatable bonds is 9. The average molecular weight is 536 g/mol. The average Bonchev–Trinajstić information content (AvgIpc) is 3.36. The van der Waals surface area contributed by atoms with Gasteiger partial charge in [0.1, 0.15) is 12.1 Å². The number of benzene rings is 1. The molecule has 1 saturated carbocycles. The molecular formula is C32H49N5O2. The highest BCUT2D eigenvalue weighted by atomic mass is 16.2. The molecule has 1 aromatic carbocycles. The lowest BCUT2D eigenvalue weighted by atomic mass is 9.74. The largest absolute Gasteiger partial charge is 0.401 e. The fraction of sp³-hybridized carbons (Fsp3) is 0.594. The van der Waals surface area contributed by atoms with Crippen LogP contribution in [0.2, 0.25) is 0 Å². The van der Waals surface area contributed by atoms with Gasteiger partial charge in [-0.2, -0.15) is 0 Å². The summed E-state index contributed by atoms with van der Waals surface area (Å²) in [6.45, 7) is 16.9. The molecule has 1 aromatic rings. The number of likely N-dealkylation sites (tertiary alicyclic amines) is 1. The van der Waals surface area contributed by atoms with Gasteiger partial charge in [0.25, 0.3) is 0 Å². The molecule has 1 heterocycles. The normalized spacial score (nSPS) is 24.2. The van der Waals surface area contributed by atoms with E-state index in [0.717, 1.165) is 47.4 Å². The van der Waals surface area contributed by atoms with Gasteiger partial charge in [0, 0.05) is 36.3 Å². The Morgan fingerprint density at radius 1 is 1.15 bits per heavy atom. The van der Waals surface area contributed by atoms with Crippen LogP contribution in [-0.4, -0.2) is 41.6 Å². The maximum atomic E-state index is 13.8. The minimum atomic E-state index is -0.473. The van der Waals surface area contributed by atoms with Crippen LogP contribution in [0.1, 0.15) is 98.2 Å². The zero-order valence-electron chi connectivity index (χ0n) is 25.2. The van der Waals surface area contributed by atoms with Crippen molar-refractivity contribution in [2.24, 2.45) is 28.0 Å². The van der Waals surface area contributed by atoms with Gasteiger partial charge in [-0.15, -0.1) is 0 Å². The molecule has 2 fully saturated rings. The molecule has 2 aliphatic rings. The molecule has 39 heavy (non-hydrogen) atoms. The molecule has 3 atom stereocenters. The van der Waals surface area contributed by atoms with Crippen LogP contribution in [0.15, 0.2) is 46.9 Å². The number of nitrogens with one attached hydrogen (secondary N) is 2. The minimum Gasteiger partial charge on any atom is -0.401 e. The zero-order valence-corrected chi connectivity index (χ0v) is 25.2. The second kappa shape index (κ2) is 12.8. The number of amides is 2. The predicted molar refractivity (Wildman–Crippen MR) is 161 cm³/mol. The van der Waals surface area contributed by atoms with E-state index in [9.17, 15) is 9.59 Å². The first-order valence-electron chi connectivity index (χ1n) is 14.4. The Balaban J connectivity index is 1.67. The highest BCUT2D eigenvalue weighted by Gasteiger charge is 2.41. The Labute approximate surface area is 235 Å². The smallest absolute Gasteiger partial charge is 0.246 e. The van der Waals surface area contributed by atoms with Crippen molar-refractivity contribution in [1.82, 2.24) is 15.5 Å². The summed E-state index contributed by atoms with van der Waals surface area (Å²) < 4.78 is 0. The quantitative estimate of drug-likeness (QED) is 0.361. The monoisotopic (exact) mass is 535 g/mol. The third-order valence-electron chi connectivity index (χ3n) is 8.28. The highest BCUT2D eigenvalue weighted by Crippen LogP contribution is 2.36. The van der Waals surface area contributed by atoms with Crippen LogP contribution in [0.5, 0.6) is 0 Å². The van der Waals surface area contributed by atoms with Crippen molar-refractivity contribution >= 4 is 23.6 Å². The van der Waals surface area contributed by atoms with E-state index in [1.54, 1.807) is 11.1 Å². The molecule has 1 aliphatic carbocycles. The topological polar surface area (TPSA) is 99.8 Å². The molecule has 0 bridgehead atoms. The van der Waals surface area contributed by atoms with Gasteiger partial charge in [0.15, 0.2) is 0 Å². The van der Waals surface area contributed by atoms with Gasteiger partial charge < -0.3 is 21.3 Å². The molecule has 3 rings (SSSR count). The summed E-state index contributed by atoms with van der Waals surface area (Å²) in [5.74, 6) is 0.943. The first-order valence-corrected chi connectivity index (χ1v) is 14.4. The van der Waals surface area contributed by atoms with Crippen LogP contribution in [-0.2, 0) is 9.59 Å². The van der Waals surface area contributed by atoms with Gasteiger partial charge in [0.05, 0.1) is 6.04 Å². The standard InChI is InChI=1S/C32H49N5O2/c1-9-34-22(4)21(3)24-12-14-25(15-13-24)23(5)36-30(38)28-11-10-16-37(28)31(39)29(32(6,7)8)35-19-27(33)26-17-20(2)18-26/h9,12-15,19-20,23,26,28-29,35H,10-11,16-18,33H2,1-8H3,(H,36,38)/b22-21+,27-19-,34-9?. The van der Waals surface area contributed by atoms with Crippen molar-refractivity contribution < 1.29 is 9.59 Å². The Hall–Kier alpha value is -3.09. The predicted octanol–water partition coefficient (Wildman–Crippen LogP) is 5.55. The maximum absolute atomic E-state index is 13.8. The van der Waals surface area contributed by atoms with E-state index in [4.69, 9.17) is 5.73 Å². The first kappa shape index (κ1) is 30.5. The van der Waals surface area contributed by atoms with Gasteiger partial charge in [0.2, 0.25) is 11.8 Å². The molecule has 0 radical (unpaired) electrons. The number of aliphatic imine (C=N–C) groups is 1. The summed E-state index contributed by atoms with van der Waals surface area (Å²) in [6, 6.07) is 7.11. The molecule has 1 saturated heterocycles. The lowest BCUT2D eigenvalue weighted by Crippen LogP contribution is -2.55. The number of carbonyl (C=O) groups is 2. The van der Waals surface area contributed by atoms with Gasteiger partial charge >= 0.3 is 0 Å². The lowest BCUT2D eigenvalue weighted by Gasteiger charge is -2.36. The second-order valence-corrected chi connectivity index (χ2v) is 12.5. The number of hydrogen-bond donors (Lipinski definition) is 3. The molecule has 7 heteroatoms. The molecule has 214 valence electrons. The van der Waals surface area contributed by atoms with E-state index in [0.29, 0.717) is 24.8 Å². The number of nitrogens with zero attached hydrogens (tertiary/aromatic N) is 2. The molecule has 7 nitrogen and oxygen atoms in total. The summed E-state index contributed by atoms with van der Waals surface area (Å²) in [5.41, 5.74) is 11.0. The summed E-state index contributed by atoms with van der Waals surface area (Å²) >= 11 is 0. The third kappa shape index (κ3) is 7.52. The molecule has 0 spiro atoms. The van der Waals surface area contributed by atoms with E-state index < -0.39 is 12.1 Å². The number of hydrogen-bond acceptors (Lipinski definition) is 5. The van der Waals surface area contributed by atoms with Crippen molar-refractivity contribution in [2.75, 3.05) is 6.54 Å². The fourth-order valence-electron chi connectivity index (χ4n) is 5.55. The SMILES string of the molecule is CC=N/C(C)=C(\C)c1ccc(C(C)NC(=O)C2CCCN2C(=O)C(N/C=C(\N)C2CC(C)C2)C(C)(C)C)cc1. The molecular weight excluding hydrogens is 486 g/mol. The van der Waals surface area contributed by atoms with Crippen molar-refractivity contribution in [2.45, 2.75) is 99.2 Å². The van der Waals surface area contributed by atoms with Gasteiger partial charge in [-0.3, -0.25) is 14.6 Å². The van der Waals surface area contributed by atoms with Crippen LogP contribution in [0, 0.1) is 17.3 Å². The van der Waals surface area contributed by atoms with Crippen molar-refractivity contribution in [3.05, 3.63) is 53.0 Å². The minimum absolute atomic E-state index is 0.0458. The van der Waals surface area contributed by atoms with Crippen LogP contribution >= 0.6 is 0 Å². The lowest BCUT2D eigenvalue weighted by molar-refractivity contribution is -0.142. The molecule has 1 aliphatic heterocycles. The third-order valence-corrected chi connectivity index (χ3v) is 8.28. The van der Waals surface area contributed by atoms with Gasteiger partial charge in [-0.1, -0.05) is 52.0 Å². The summed E-state index contributed by atoms with van der Waals surface area (Å²) in [7, 11) is 0. The Bertz CT molecular complexity index is 1110. The van der Waals surface area contributed by atoms with E-state index in [1.165, 1.54) is 0 Å². The van der Waals surface area contributed by atoms with Crippen molar-refractivity contribution in [3.63, 3.8) is 0 Å². The molecule has 3 unspecified atom stereocenters. The Morgan fingerprint density at radius 3 is 2.36 bits per heavy atom. The van der Waals surface area contributed by atoms with Gasteiger partial charge in [-0.05, 0) is 81.4 Å². The fourth-order valence-corrected chi connectivity index (χ4v) is 5.55. The number of allylic oxidation sites excluding steroid dienone is 3. The van der Waals surface area contributed by atoms with Crippen LogP contribution < -0.4 is 16.4 Å². The van der Waals surface area contributed by atoms with Crippen LogP contribution in [0.25, 0.3) is 5.57 Å². The van der Waals surface area contributed by atoms with Gasteiger partial charge in [-0.25, -0.2) is 0 Å². The highest BCUT2D eigenvalue weighted by molar-refractivity contribution is 5.91. The Kier molecular flexibility index (Phi) is 10.0. The second-order valence-electron chi connectivity index (χ2n) is 12.5. The summed E-state index contributed by atoms with van der Waals surface area (Å²) in [5, 5.41) is 6.49. The molecule has 0 aromatic heterocycles. The number of nitrogens with two attached hydrogens (primary N) is 1. The summed E-state index contributed by atoms with van der Waals surface area (Å²) in [6.07, 6.45) is 7.29. The summed E-state index contributed by atoms with van der Waals surface area (Å²) in [4.78, 5) is 33.3.